The summed E-state index contributed by atoms with van der Waals surface area (Å²) in [5.41, 5.74) is 2.47. The second kappa shape index (κ2) is 13.2. The molecule has 0 aliphatic heterocycles. The predicted octanol–water partition coefficient (Wildman–Crippen LogP) is 5.21. The zero-order valence-electron chi connectivity index (χ0n) is 23.1. The molecule has 0 radical (unpaired) electrons. The molecule has 7 heteroatoms. The van der Waals surface area contributed by atoms with Crippen LogP contribution in [0, 0.1) is 31.7 Å². The van der Waals surface area contributed by atoms with Crippen LogP contribution in [0.25, 0.3) is 0 Å². The molecule has 0 heterocycles. The summed E-state index contributed by atoms with van der Waals surface area (Å²) in [4.78, 5) is 41.6. The van der Waals surface area contributed by atoms with Gasteiger partial charge in [-0.15, -0.1) is 6.42 Å². The van der Waals surface area contributed by atoms with E-state index in [1.165, 1.54) is 0 Å². The fourth-order valence-corrected chi connectivity index (χ4v) is 4.03. The molecule has 0 spiro atoms. The highest BCUT2D eigenvalue weighted by molar-refractivity contribution is 6.00. The lowest BCUT2D eigenvalue weighted by Gasteiger charge is -2.30. The number of aryl methyl sites for hydroxylation is 1. The van der Waals surface area contributed by atoms with E-state index < -0.39 is 35.6 Å². The van der Waals surface area contributed by atoms with Gasteiger partial charge in [0, 0.05) is 23.7 Å². The molecule has 3 aromatic carbocycles. The van der Waals surface area contributed by atoms with Crippen molar-refractivity contribution in [3.8, 4) is 24.8 Å². The van der Waals surface area contributed by atoms with Crippen LogP contribution in [-0.4, -0.2) is 34.5 Å². The Morgan fingerprint density at radius 3 is 2.12 bits per heavy atom. The first-order valence-electron chi connectivity index (χ1n) is 12.8. The van der Waals surface area contributed by atoms with Gasteiger partial charge >= 0.3 is 6.09 Å². The maximum Gasteiger partial charge on any atom is 0.408 e. The largest absolute Gasteiger partial charge is 0.444 e. The summed E-state index contributed by atoms with van der Waals surface area (Å²) < 4.78 is 5.41. The van der Waals surface area contributed by atoms with Gasteiger partial charge < -0.3 is 15.4 Å². The van der Waals surface area contributed by atoms with Gasteiger partial charge in [0.15, 0.2) is 0 Å². The number of hydrogen-bond acceptors (Lipinski definition) is 4. The normalized spacial score (nSPS) is 12.2. The number of para-hydroxylation sites is 1. The molecule has 7 nitrogen and oxygen atoms in total. The fraction of sp³-hybridized carbons (Fsp3) is 0.242. The molecule has 40 heavy (non-hydrogen) atoms. The zero-order chi connectivity index (χ0) is 29.3. The van der Waals surface area contributed by atoms with Gasteiger partial charge in [0.1, 0.15) is 17.7 Å². The third kappa shape index (κ3) is 7.99. The van der Waals surface area contributed by atoms with E-state index in [0.29, 0.717) is 16.8 Å². The minimum absolute atomic E-state index is 0.124. The number of terminal acetylenes is 2. The van der Waals surface area contributed by atoms with Crippen LogP contribution in [0.5, 0.6) is 0 Å². The van der Waals surface area contributed by atoms with Crippen LogP contribution in [0.2, 0.25) is 0 Å². The van der Waals surface area contributed by atoms with E-state index in [4.69, 9.17) is 17.6 Å². The van der Waals surface area contributed by atoms with Gasteiger partial charge in [-0.2, -0.15) is 0 Å². The van der Waals surface area contributed by atoms with Crippen molar-refractivity contribution in [2.75, 3.05) is 5.32 Å². The number of amides is 3. The second-order valence-corrected chi connectivity index (χ2v) is 10.2. The Morgan fingerprint density at radius 1 is 0.925 bits per heavy atom. The predicted molar refractivity (Wildman–Crippen MR) is 156 cm³/mol. The van der Waals surface area contributed by atoms with Gasteiger partial charge in [0.25, 0.3) is 11.8 Å². The monoisotopic (exact) mass is 535 g/mol. The van der Waals surface area contributed by atoms with E-state index in [1.54, 1.807) is 57.2 Å². The summed E-state index contributed by atoms with van der Waals surface area (Å²) in [5, 5.41) is 5.54. The number of nitrogens with one attached hydrogen (secondary N) is 2. The molecule has 3 aromatic rings. The lowest BCUT2D eigenvalue weighted by molar-refractivity contribution is -0.136. The molecule has 0 saturated carbocycles. The summed E-state index contributed by atoms with van der Waals surface area (Å²) in [7, 11) is 0. The smallest absolute Gasteiger partial charge is 0.408 e. The van der Waals surface area contributed by atoms with E-state index in [1.807, 2.05) is 49.4 Å². The van der Waals surface area contributed by atoms with Crippen molar-refractivity contribution < 1.29 is 19.1 Å². The molecular formula is C33H33N3O4. The van der Waals surface area contributed by atoms with Crippen LogP contribution in [0.15, 0.2) is 78.9 Å². The van der Waals surface area contributed by atoms with Crippen molar-refractivity contribution in [1.29, 1.82) is 0 Å². The number of hydrogen-bond donors (Lipinski definition) is 2. The Kier molecular flexibility index (Phi) is 9.73. The molecule has 2 N–H and O–H groups in total. The van der Waals surface area contributed by atoms with Crippen molar-refractivity contribution in [1.82, 2.24) is 10.2 Å². The number of rotatable bonds is 8. The van der Waals surface area contributed by atoms with Crippen LogP contribution in [0.3, 0.4) is 0 Å². The van der Waals surface area contributed by atoms with E-state index >= 15 is 0 Å². The molecule has 0 aliphatic rings. The lowest BCUT2D eigenvalue weighted by Crippen LogP contribution is -2.51. The molecule has 3 rings (SSSR count). The van der Waals surface area contributed by atoms with Crippen LogP contribution < -0.4 is 10.6 Å². The van der Waals surface area contributed by atoms with Gasteiger partial charge in [0.2, 0.25) is 0 Å². The van der Waals surface area contributed by atoms with Crippen molar-refractivity contribution in [3.63, 3.8) is 0 Å². The minimum atomic E-state index is -1.22. The number of carbonyl (C=O) groups is 3. The SMILES string of the molecule is C#Cc1ccc(C(C(=O)Nc2ccccc2C)N(C#C)C(=O)C(Cc2ccccc2)NC(=O)OC(C)(C)C)cc1. The standard InChI is InChI=1S/C33H33N3O4/c1-7-24-18-20-26(21-19-24)29(30(37)34-27-17-13-12-14-23(27)3)36(8-2)31(38)28(22-25-15-10-9-11-16-25)35-32(39)40-33(4,5)6/h1-2,9-21,28-29H,22H2,3-6H3,(H,34,37)(H,35,39). The Bertz CT molecular complexity index is 1430. The topological polar surface area (TPSA) is 87.7 Å². The summed E-state index contributed by atoms with van der Waals surface area (Å²) in [6.45, 7) is 7.03. The highest BCUT2D eigenvalue weighted by Gasteiger charge is 2.36. The van der Waals surface area contributed by atoms with Crippen molar-refractivity contribution in [2.45, 2.75) is 51.8 Å². The van der Waals surface area contributed by atoms with Crippen LogP contribution in [0.4, 0.5) is 10.5 Å². The number of alkyl carbamates (subject to hydrolysis) is 1. The van der Waals surface area contributed by atoms with Gasteiger partial charge in [0.05, 0.1) is 0 Å². The number of nitrogens with zero attached hydrogens (tertiary/aromatic N) is 1. The fourth-order valence-electron chi connectivity index (χ4n) is 4.03. The summed E-state index contributed by atoms with van der Waals surface area (Å²) >= 11 is 0. The first-order chi connectivity index (χ1) is 19.0. The van der Waals surface area contributed by atoms with Crippen LogP contribution in [0.1, 0.15) is 49.1 Å². The third-order valence-electron chi connectivity index (χ3n) is 5.95. The van der Waals surface area contributed by atoms with Gasteiger partial charge in [-0.3, -0.25) is 14.5 Å². The molecule has 204 valence electrons. The molecule has 0 aliphatic carbocycles. The summed E-state index contributed by atoms with van der Waals surface area (Å²) in [6.07, 6.45) is 10.7. The molecule has 0 aromatic heterocycles. The molecule has 0 fully saturated rings. The quantitative estimate of drug-likeness (QED) is 0.306. The minimum Gasteiger partial charge on any atom is -0.444 e. The highest BCUT2D eigenvalue weighted by Crippen LogP contribution is 2.26. The first kappa shape index (κ1) is 29.5. The van der Waals surface area contributed by atoms with E-state index in [-0.39, 0.29) is 6.42 Å². The van der Waals surface area contributed by atoms with Gasteiger partial charge in [-0.05, 0) is 62.6 Å². The maximum atomic E-state index is 14.0. The molecule has 2 unspecified atom stereocenters. The average molecular weight is 536 g/mol. The lowest BCUT2D eigenvalue weighted by atomic mass is 9.99. The number of ether oxygens (including phenoxy) is 1. The average Bonchev–Trinajstić information content (AvgIpc) is 2.92. The maximum absolute atomic E-state index is 14.0. The third-order valence-corrected chi connectivity index (χ3v) is 5.95. The molecule has 0 saturated heterocycles. The zero-order valence-corrected chi connectivity index (χ0v) is 23.1. The van der Waals surface area contributed by atoms with Gasteiger partial charge in [-0.1, -0.05) is 73.0 Å². The highest BCUT2D eigenvalue weighted by atomic mass is 16.6. The number of benzene rings is 3. The van der Waals surface area contributed by atoms with Crippen LogP contribution >= 0.6 is 0 Å². The Labute approximate surface area is 235 Å². The van der Waals surface area contributed by atoms with Crippen molar-refractivity contribution in [3.05, 3.63) is 101 Å². The number of anilines is 1. The molecule has 2 atom stereocenters. The van der Waals surface area contributed by atoms with E-state index in [0.717, 1.165) is 16.0 Å². The Balaban J connectivity index is 2.02. The summed E-state index contributed by atoms with van der Waals surface area (Å²) in [5.74, 6) is 1.37. The van der Waals surface area contributed by atoms with Crippen molar-refractivity contribution in [2.24, 2.45) is 0 Å². The van der Waals surface area contributed by atoms with Gasteiger partial charge in [-0.25, -0.2) is 4.79 Å². The second-order valence-electron chi connectivity index (χ2n) is 10.2. The van der Waals surface area contributed by atoms with E-state index in [9.17, 15) is 14.4 Å². The van der Waals surface area contributed by atoms with Crippen LogP contribution in [-0.2, 0) is 20.7 Å². The molecular weight excluding hydrogens is 502 g/mol. The Hall–Kier alpha value is -5.01. The van der Waals surface area contributed by atoms with Crippen molar-refractivity contribution >= 4 is 23.6 Å². The number of carbonyl (C=O) groups excluding carboxylic acids is 3. The molecule has 0 bridgehead atoms. The first-order valence-corrected chi connectivity index (χ1v) is 12.8. The molecule has 3 amide bonds. The Morgan fingerprint density at radius 2 is 1.55 bits per heavy atom. The van der Waals surface area contributed by atoms with E-state index in [2.05, 4.69) is 22.6 Å². The summed E-state index contributed by atoms with van der Waals surface area (Å²) in [6, 6.07) is 23.1.